The van der Waals surface area contributed by atoms with Crippen molar-refractivity contribution in [2.75, 3.05) is 0 Å². The number of hydrogen-bond acceptors (Lipinski definition) is 2. The van der Waals surface area contributed by atoms with Gasteiger partial charge in [0.1, 0.15) is 5.75 Å². The zero-order valence-corrected chi connectivity index (χ0v) is 10.2. The first kappa shape index (κ1) is 12.1. The van der Waals surface area contributed by atoms with Crippen LogP contribution in [0.4, 0.5) is 4.39 Å². The largest absolute Gasteiger partial charge is 0.453 e. The number of hydrogen-bond donors (Lipinski definition) is 0. The predicted molar refractivity (Wildman–Crippen MR) is 65.3 cm³/mol. The van der Waals surface area contributed by atoms with Crippen LogP contribution in [0.15, 0.2) is 36.7 Å². The minimum absolute atomic E-state index is 0.0176. The summed E-state index contributed by atoms with van der Waals surface area (Å²) in [5.74, 6) is 0.211. The maximum Gasteiger partial charge on any atom is 0.184 e. The molecule has 0 aliphatic rings. The van der Waals surface area contributed by atoms with Crippen LogP contribution < -0.4 is 4.74 Å². The fraction of sp³-hybridized carbons (Fsp3) is 0.0833. The lowest BCUT2D eigenvalue weighted by atomic mass is 10.3. The lowest BCUT2D eigenvalue weighted by molar-refractivity contribution is 0.440. The number of nitrogens with zero attached hydrogens (tertiary/aromatic N) is 1. The summed E-state index contributed by atoms with van der Waals surface area (Å²) in [7, 11) is 0. The van der Waals surface area contributed by atoms with Gasteiger partial charge in [-0.3, -0.25) is 4.98 Å². The summed E-state index contributed by atoms with van der Waals surface area (Å²) in [6.07, 6.45) is 3.10. The number of aromatic nitrogens is 1. The summed E-state index contributed by atoms with van der Waals surface area (Å²) in [6, 6.07) is 6.26. The lowest BCUT2D eigenvalue weighted by Gasteiger charge is -2.07. The highest BCUT2D eigenvalue weighted by atomic mass is 35.5. The quantitative estimate of drug-likeness (QED) is 0.772. The number of halogens is 3. The molecule has 5 heteroatoms. The Labute approximate surface area is 108 Å². The van der Waals surface area contributed by atoms with Gasteiger partial charge in [-0.25, -0.2) is 4.39 Å². The zero-order chi connectivity index (χ0) is 12.3. The summed E-state index contributed by atoms with van der Waals surface area (Å²) >= 11 is 11.3. The van der Waals surface area contributed by atoms with E-state index in [1.165, 1.54) is 18.3 Å². The average molecular weight is 272 g/mol. The molecule has 2 rings (SSSR count). The molecule has 0 bridgehead atoms. The zero-order valence-electron chi connectivity index (χ0n) is 8.66. The lowest BCUT2D eigenvalue weighted by Crippen LogP contribution is -1.91. The van der Waals surface area contributed by atoms with Gasteiger partial charge in [0, 0.05) is 12.1 Å². The summed E-state index contributed by atoms with van der Waals surface area (Å²) in [5.41, 5.74) is 0.798. The monoisotopic (exact) mass is 271 g/mol. The number of benzene rings is 1. The molecule has 2 nitrogen and oxygen atoms in total. The Balaban J connectivity index is 2.28. The van der Waals surface area contributed by atoms with E-state index in [0.717, 1.165) is 5.56 Å². The van der Waals surface area contributed by atoms with E-state index < -0.39 is 5.82 Å². The number of ether oxygens (including phenoxy) is 1. The third-order valence-electron chi connectivity index (χ3n) is 2.07. The van der Waals surface area contributed by atoms with Crippen molar-refractivity contribution in [2.24, 2.45) is 0 Å². The van der Waals surface area contributed by atoms with Crippen LogP contribution in [0, 0.1) is 5.82 Å². The Hall–Kier alpha value is -1.32. The van der Waals surface area contributed by atoms with Gasteiger partial charge in [-0.05, 0) is 23.8 Å². The van der Waals surface area contributed by atoms with Crippen molar-refractivity contribution < 1.29 is 9.13 Å². The molecule has 2 aromatic rings. The molecule has 0 N–H and O–H groups in total. The normalized spacial score (nSPS) is 10.3. The van der Waals surface area contributed by atoms with E-state index in [2.05, 4.69) is 4.98 Å². The van der Waals surface area contributed by atoms with Gasteiger partial charge in [-0.15, -0.1) is 11.6 Å². The first-order valence-electron chi connectivity index (χ1n) is 4.82. The van der Waals surface area contributed by atoms with E-state index in [1.54, 1.807) is 18.3 Å². The summed E-state index contributed by atoms with van der Waals surface area (Å²) < 4.78 is 18.9. The molecule has 88 valence electrons. The van der Waals surface area contributed by atoms with Gasteiger partial charge in [-0.1, -0.05) is 17.7 Å². The van der Waals surface area contributed by atoms with Crippen molar-refractivity contribution in [1.82, 2.24) is 4.98 Å². The van der Waals surface area contributed by atoms with Gasteiger partial charge in [0.2, 0.25) is 0 Å². The minimum Gasteiger partial charge on any atom is -0.453 e. The molecule has 0 amide bonds. The smallest absolute Gasteiger partial charge is 0.184 e. The first-order chi connectivity index (χ1) is 8.20. The summed E-state index contributed by atoms with van der Waals surface area (Å²) in [5, 5.41) is 0.0176. The molecule has 0 atom stereocenters. The molecular weight excluding hydrogens is 264 g/mol. The molecule has 0 aliphatic carbocycles. The number of alkyl halides is 1. The molecule has 1 heterocycles. The predicted octanol–water partition coefficient (Wildman–Crippen LogP) is 4.41. The van der Waals surface area contributed by atoms with Crippen LogP contribution in [-0.2, 0) is 5.88 Å². The average Bonchev–Trinajstić information content (AvgIpc) is 2.35. The van der Waals surface area contributed by atoms with Crippen LogP contribution in [0.5, 0.6) is 11.5 Å². The second kappa shape index (κ2) is 5.34. The van der Waals surface area contributed by atoms with Crippen LogP contribution >= 0.6 is 23.2 Å². The highest BCUT2D eigenvalue weighted by molar-refractivity contribution is 6.30. The van der Waals surface area contributed by atoms with E-state index in [4.69, 9.17) is 27.9 Å². The molecule has 0 spiro atoms. The van der Waals surface area contributed by atoms with E-state index in [9.17, 15) is 4.39 Å². The maximum absolute atomic E-state index is 13.6. The molecule has 1 aromatic carbocycles. The molecule has 0 saturated carbocycles. The maximum atomic E-state index is 13.6. The van der Waals surface area contributed by atoms with E-state index in [0.29, 0.717) is 11.6 Å². The van der Waals surface area contributed by atoms with Gasteiger partial charge < -0.3 is 4.74 Å². The summed E-state index contributed by atoms with van der Waals surface area (Å²) in [4.78, 5) is 3.94. The molecule has 0 aliphatic heterocycles. The van der Waals surface area contributed by atoms with Crippen molar-refractivity contribution in [3.63, 3.8) is 0 Å². The van der Waals surface area contributed by atoms with Crippen LogP contribution in [0.2, 0.25) is 5.02 Å². The Morgan fingerprint density at radius 2 is 2.12 bits per heavy atom. The molecule has 0 unspecified atom stereocenters. The van der Waals surface area contributed by atoms with E-state index in [1.807, 2.05) is 0 Å². The van der Waals surface area contributed by atoms with Gasteiger partial charge >= 0.3 is 0 Å². The number of pyridine rings is 1. The third kappa shape index (κ3) is 2.87. The van der Waals surface area contributed by atoms with Gasteiger partial charge in [0.25, 0.3) is 0 Å². The Bertz CT molecular complexity index is 534. The van der Waals surface area contributed by atoms with E-state index >= 15 is 0 Å². The Morgan fingerprint density at radius 1 is 1.29 bits per heavy atom. The van der Waals surface area contributed by atoms with Crippen molar-refractivity contribution in [3.8, 4) is 11.5 Å². The molecule has 0 radical (unpaired) electrons. The molecular formula is C12H8Cl2FNO. The standard InChI is InChI=1S/C12H8Cl2FNO/c13-5-8-4-9(7-16-6-8)17-11-3-1-2-10(14)12(11)15/h1-4,6-7H,5H2. The van der Waals surface area contributed by atoms with Gasteiger partial charge in [-0.2, -0.15) is 0 Å². The highest BCUT2D eigenvalue weighted by Crippen LogP contribution is 2.28. The third-order valence-corrected chi connectivity index (χ3v) is 2.67. The highest BCUT2D eigenvalue weighted by Gasteiger charge is 2.08. The van der Waals surface area contributed by atoms with Crippen LogP contribution in [0.1, 0.15) is 5.56 Å². The van der Waals surface area contributed by atoms with Crippen molar-refractivity contribution in [2.45, 2.75) is 5.88 Å². The Morgan fingerprint density at radius 3 is 2.88 bits per heavy atom. The number of rotatable bonds is 3. The SMILES string of the molecule is Fc1c(Cl)cccc1Oc1cncc(CCl)c1. The molecule has 1 aromatic heterocycles. The molecule has 0 saturated heterocycles. The molecule has 17 heavy (non-hydrogen) atoms. The fourth-order valence-corrected chi connectivity index (χ4v) is 1.59. The fourth-order valence-electron chi connectivity index (χ4n) is 1.28. The van der Waals surface area contributed by atoms with Crippen LogP contribution in [-0.4, -0.2) is 4.98 Å². The van der Waals surface area contributed by atoms with Gasteiger partial charge in [0.05, 0.1) is 11.2 Å². The van der Waals surface area contributed by atoms with Crippen molar-refractivity contribution in [3.05, 3.63) is 53.1 Å². The second-order valence-corrected chi connectivity index (χ2v) is 3.99. The topological polar surface area (TPSA) is 22.1 Å². The first-order valence-corrected chi connectivity index (χ1v) is 5.73. The minimum atomic E-state index is -0.592. The van der Waals surface area contributed by atoms with Crippen LogP contribution in [0.3, 0.4) is 0 Å². The summed E-state index contributed by atoms with van der Waals surface area (Å²) in [6.45, 7) is 0. The van der Waals surface area contributed by atoms with Crippen LogP contribution in [0.25, 0.3) is 0 Å². The molecule has 0 fully saturated rings. The Kier molecular flexibility index (Phi) is 3.82. The van der Waals surface area contributed by atoms with Gasteiger partial charge in [0.15, 0.2) is 11.6 Å². The van der Waals surface area contributed by atoms with Crippen molar-refractivity contribution in [1.29, 1.82) is 0 Å². The van der Waals surface area contributed by atoms with E-state index in [-0.39, 0.29) is 10.8 Å². The van der Waals surface area contributed by atoms with Crippen molar-refractivity contribution >= 4 is 23.2 Å². The second-order valence-electron chi connectivity index (χ2n) is 3.32.